The molecule has 0 saturated carbocycles. The van der Waals surface area contributed by atoms with Crippen molar-refractivity contribution in [3.05, 3.63) is 130 Å². The van der Waals surface area contributed by atoms with Crippen LogP contribution in [0, 0.1) is 11.6 Å². The summed E-state index contributed by atoms with van der Waals surface area (Å²) in [6.45, 7) is 0.571. The third-order valence-electron chi connectivity index (χ3n) is 6.75. The topological polar surface area (TPSA) is 49.4 Å². The van der Waals surface area contributed by atoms with Crippen LogP contribution in [0.1, 0.15) is 43.0 Å². The minimum Gasteiger partial charge on any atom is -0.353 e. The second kappa shape index (κ2) is 10.3. The fourth-order valence-electron chi connectivity index (χ4n) is 4.66. The van der Waals surface area contributed by atoms with E-state index in [1.165, 1.54) is 12.1 Å². The fraction of sp³-hybridized carbons (Fsp3) is 0.161. The molecular formula is C31H26F2N2O2. The molecule has 0 fully saturated rings. The average Bonchev–Trinajstić information content (AvgIpc) is 3.05. The molecule has 0 radical (unpaired) electrons. The lowest BCUT2D eigenvalue weighted by atomic mass is 9.96. The third kappa shape index (κ3) is 5.28. The number of carbonyl (C=O) groups is 2. The van der Waals surface area contributed by atoms with E-state index in [2.05, 4.69) is 5.32 Å². The number of aryl methyl sites for hydroxylation is 2. The van der Waals surface area contributed by atoms with Gasteiger partial charge in [-0.25, -0.2) is 8.78 Å². The Morgan fingerprint density at radius 3 is 2.43 bits per heavy atom. The molecule has 186 valence electrons. The van der Waals surface area contributed by atoms with Gasteiger partial charge in [-0.2, -0.15) is 0 Å². The Labute approximate surface area is 214 Å². The molecule has 0 heterocycles. The number of anilines is 2. The SMILES string of the molecule is CN(CCc1ccccc1)C(=O)c1ccc2c(c1)C(=O)c1ccc(Nc3ccc(F)cc3F)cc1CC2. The summed E-state index contributed by atoms with van der Waals surface area (Å²) in [6, 6.07) is 23.9. The molecule has 0 bridgehead atoms. The maximum atomic E-state index is 14.1. The fourth-order valence-corrected chi connectivity index (χ4v) is 4.66. The summed E-state index contributed by atoms with van der Waals surface area (Å²) < 4.78 is 27.3. The Kier molecular flexibility index (Phi) is 6.82. The lowest BCUT2D eigenvalue weighted by Crippen LogP contribution is -2.29. The van der Waals surface area contributed by atoms with Crippen molar-refractivity contribution in [1.29, 1.82) is 0 Å². The number of halogens is 2. The number of hydrogen-bond donors (Lipinski definition) is 1. The van der Waals surface area contributed by atoms with Crippen LogP contribution in [0.3, 0.4) is 0 Å². The summed E-state index contributed by atoms with van der Waals surface area (Å²) in [5, 5.41) is 2.96. The number of nitrogens with one attached hydrogen (secondary N) is 1. The molecule has 1 N–H and O–H groups in total. The second-order valence-electron chi connectivity index (χ2n) is 9.28. The number of benzene rings is 4. The van der Waals surface area contributed by atoms with Crippen LogP contribution in [0.15, 0.2) is 84.9 Å². The van der Waals surface area contributed by atoms with Crippen molar-refractivity contribution in [2.75, 3.05) is 18.9 Å². The number of ketones is 1. The molecule has 4 aromatic rings. The van der Waals surface area contributed by atoms with Crippen molar-refractivity contribution in [2.24, 2.45) is 0 Å². The van der Waals surface area contributed by atoms with E-state index >= 15 is 0 Å². The van der Waals surface area contributed by atoms with Gasteiger partial charge < -0.3 is 10.2 Å². The summed E-state index contributed by atoms with van der Waals surface area (Å²) in [7, 11) is 1.77. The summed E-state index contributed by atoms with van der Waals surface area (Å²) in [5.41, 5.74) is 5.23. The van der Waals surface area contributed by atoms with Gasteiger partial charge in [0.05, 0.1) is 5.69 Å². The number of hydrogen-bond acceptors (Lipinski definition) is 3. The minimum atomic E-state index is -0.690. The predicted octanol–water partition coefficient (Wildman–Crippen LogP) is 6.35. The van der Waals surface area contributed by atoms with Gasteiger partial charge in [-0.3, -0.25) is 9.59 Å². The van der Waals surface area contributed by atoms with Gasteiger partial charge in [-0.05, 0) is 78.4 Å². The van der Waals surface area contributed by atoms with Crippen LogP contribution < -0.4 is 5.32 Å². The highest BCUT2D eigenvalue weighted by Gasteiger charge is 2.24. The van der Waals surface area contributed by atoms with E-state index in [0.29, 0.717) is 41.8 Å². The van der Waals surface area contributed by atoms with Gasteiger partial charge in [-0.1, -0.05) is 36.4 Å². The number of likely N-dealkylation sites (N-methyl/N-ethyl adjacent to an activating group) is 1. The summed E-state index contributed by atoms with van der Waals surface area (Å²) in [6.07, 6.45) is 2.01. The van der Waals surface area contributed by atoms with Crippen molar-refractivity contribution in [3.8, 4) is 0 Å². The van der Waals surface area contributed by atoms with E-state index in [4.69, 9.17) is 0 Å². The zero-order valence-corrected chi connectivity index (χ0v) is 20.4. The molecule has 1 amide bonds. The standard InChI is InChI=1S/C31H26F2N2O2/c1-35(16-15-20-5-3-2-4-6-20)31(37)23-10-8-21-7-9-22-17-25(12-13-26(22)30(36)27(21)18-23)34-29-14-11-24(32)19-28(29)33/h2-6,8,10-14,17-19,34H,7,9,15-16H2,1H3. The first-order chi connectivity index (χ1) is 17.9. The first kappa shape index (κ1) is 24.4. The molecule has 0 saturated heterocycles. The van der Waals surface area contributed by atoms with E-state index < -0.39 is 11.6 Å². The highest BCUT2D eigenvalue weighted by molar-refractivity contribution is 6.12. The Morgan fingerprint density at radius 1 is 0.865 bits per heavy atom. The van der Waals surface area contributed by atoms with Crippen LogP contribution in [-0.2, 0) is 19.3 Å². The molecule has 0 aromatic heterocycles. The zero-order chi connectivity index (χ0) is 25.9. The van der Waals surface area contributed by atoms with Gasteiger partial charge in [0, 0.05) is 42.0 Å². The summed E-state index contributed by atoms with van der Waals surface area (Å²) in [4.78, 5) is 28.3. The number of fused-ring (bicyclic) bond motifs is 2. The molecule has 4 nitrogen and oxygen atoms in total. The van der Waals surface area contributed by atoms with E-state index in [0.717, 1.165) is 29.2 Å². The molecule has 4 aromatic carbocycles. The van der Waals surface area contributed by atoms with Crippen molar-refractivity contribution < 1.29 is 18.4 Å². The summed E-state index contributed by atoms with van der Waals surface area (Å²) >= 11 is 0. The number of rotatable bonds is 6. The van der Waals surface area contributed by atoms with Crippen LogP contribution in [0.4, 0.5) is 20.2 Å². The van der Waals surface area contributed by atoms with Crippen molar-refractivity contribution in [2.45, 2.75) is 19.3 Å². The van der Waals surface area contributed by atoms with Crippen molar-refractivity contribution in [1.82, 2.24) is 4.90 Å². The van der Waals surface area contributed by atoms with Crippen LogP contribution >= 0.6 is 0 Å². The predicted molar refractivity (Wildman–Crippen MR) is 140 cm³/mol. The largest absolute Gasteiger partial charge is 0.353 e. The molecule has 0 unspecified atom stereocenters. The third-order valence-corrected chi connectivity index (χ3v) is 6.75. The Balaban J connectivity index is 1.35. The van der Waals surface area contributed by atoms with E-state index in [9.17, 15) is 18.4 Å². The first-order valence-corrected chi connectivity index (χ1v) is 12.2. The maximum absolute atomic E-state index is 14.1. The van der Waals surface area contributed by atoms with Crippen molar-refractivity contribution >= 4 is 23.1 Å². The maximum Gasteiger partial charge on any atom is 0.253 e. The van der Waals surface area contributed by atoms with Crippen LogP contribution in [0.2, 0.25) is 0 Å². The van der Waals surface area contributed by atoms with Gasteiger partial charge in [0.15, 0.2) is 5.78 Å². The molecule has 6 heteroatoms. The van der Waals surface area contributed by atoms with Gasteiger partial charge in [-0.15, -0.1) is 0 Å². The molecule has 0 spiro atoms. The summed E-state index contributed by atoms with van der Waals surface area (Å²) in [5.74, 6) is -1.60. The molecule has 0 aliphatic heterocycles. The quantitative estimate of drug-likeness (QED) is 0.338. The van der Waals surface area contributed by atoms with Crippen LogP contribution in [0.25, 0.3) is 0 Å². The van der Waals surface area contributed by atoms with E-state index in [-0.39, 0.29) is 17.4 Å². The molecule has 5 rings (SSSR count). The lowest BCUT2D eigenvalue weighted by Gasteiger charge is -2.18. The molecule has 1 aliphatic carbocycles. The smallest absolute Gasteiger partial charge is 0.253 e. The number of nitrogens with zero attached hydrogens (tertiary/aromatic N) is 1. The monoisotopic (exact) mass is 496 g/mol. The zero-order valence-electron chi connectivity index (χ0n) is 20.4. The molecule has 0 atom stereocenters. The van der Waals surface area contributed by atoms with Gasteiger partial charge >= 0.3 is 0 Å². The normalized spacial score (nSPS) is 12.4. The van der Waals surface area contributed by atoms with Crippen molar-refractivity contribution in [3.63, 3.8) is 0 Å². The molecule has 1 aliphatic rings. The molecule has 37 heavy (non-hydrogen) atoms. The molecular weight excluding hydrogens is 470 g/mol. The lowest BCUT2D eigenvalue weighted by molar-refractivity contribution is 0.0796. The second-order valence-corrected chi connectivity index (χ2v) is 9.28. The number of carbonyl (C=O) groups excluding carboxylic acids is 2. The minimum absolute atomic E-state index is 0.128. The van der Waals surface area contributed by atoms with Crippen LogP contribution in [0.5, 0.6) is 0 Å². The van der Waals surface area contributed by atoms with Gasteiger partial charge in [0.25, 0.3) is 5.91 Å². The van der Waals surface area contributed by atoms with Crippen LogP contribution in [-0.4, -0.2) is 30.2 Å². The Bertz CT molecular complexity index is 1480. The van der Waals surface area contributed by atoms with Gasteiger partial charge in [0.1, 0.15) is 11.6 Å². The van der Waals surface area contributed by atoms with E-state index in [1.54, 1.807) is 36.2 Å². The average molecular weight is 497 g/mol. The Morgan fingerprint density at radius 2 is 1.65 bits per heavy atom. The number of amides is 1. The van der Waals surface area contributed by atoms with E-state index in [1.807, 2.05) is 42.5 Å². The van der Waals surface area contributed by atoms with Gasteiger partial charge in [0.2, 0.25) is 0 Å². The Hall–Kier alpha value is -4.32. The first-order valence-electron chi connectivity index (χ1n) is 12.2. The highest BCUT2D eigenvalue weighted by atomic mass is 19.1. The highest BCUT2D eigenvalue weighted by Crippen LogP contribution is 2.29.